The number of rotatable bonds is 3. The van der Waals surface area contributed by atoms with Crippen LogP contribution in [0.15, 0.2) is 36.4 Å². The molecule has 0 radical (unpaired) electrons. The molecule has 8 nitrogen and oxygen atoms in total. The summed E-state index contributed by atoms with van der Waals surface area (Å²) in [5, 5.41) is 16.0. The van der Waals surface area contributed by atoms with Gasteiger partial charge < -0.3 is 16.0 Å². The number of urea groups is 1. The highest BCUT2D eigenvalue weighted by molar-refractivity contribution is 6.09. The van der Waals surface area contributed by atoms with Gasteiger partial charge in [-0.05, 0) is 48.9 Å². The highest BCUT2D eigenvalue weighted by Gasteiger charge is 2.30. The van der Waals surface area contributed by atoms with Crippen LogP contribution in [0.3, 0.4) is 0 Å². The number of fused-ring (bicyclic) bond motifs is 1. The van der Waals surface area contributed by atoms with Crippen molar-refractivity contribution < 1.29 is 18.4 Å². The SMILES string of the molecule is Cc1cc(-c2nn3c(c2C(=O)Nc2ccc(C#N)c(F)c2)CN(C(N)=O)CC3)ccc1F. The number of primary amides is 1. The van der Waals surface area contributed by atoms with E-state index in [4.69, 9.17) is 11.0 Å². The smallest absolute Gasteiger partial charge is 0.315 e. The van der Waals surface area contributed by atoms with E-state index in [0.29, 0.717) is 35.6 Å². The van der Waals surface area contributed by atoms with Crippen molar-refractivity contribution in [1.82, 2.24) is 14.7 Å². The molecule has 1 aliphatic heterocycles. The lowest BCUT2D eigenvalue weighted by Gasteiger charge is -2.26. The topological polar surface area (TPSA) is 117 Å². The Morgan fingerprint density at radius 2 is 1.94 bits per heavy atom. The summed E-state index contributed by atoms with van der Waals surface area (Å²) in [6, 6.07) is 9.19. The largest absolute Gasteiger partial charge is 0.351 e. The van der Waals surface area contributed by atoms with Crippen LogP contribution in [0.5, 0.6) is 0 Å². The first-order valence-corrected chi connectivity index (χ1v) is 9.70. The lowest BCUT2D eigenvalue weighted by Crippen LogP contribution is -2.42. The average molecular weight is 436 g/mol. The lowest BCUT2D eigenvalue weighted by molar-refractivity contribution is 0.102. The van der Waals surface area contributed by atoms with Gasteiger partial charge in [0, 0.05) is 17.8 Å². The predicted octanol–water partition coefficient (Wildman–Crippen LogP) is 3.16. The molecule has 0 aliphatic carbocycles. The van der Waals surface area contributed by atoms with E-state index in [9.17, 15) is 18.4 Å². The van der Waals surface area contributed by atoms with E-state index in [0.717, 1.165) is 6.07 Å². The number of amides is 3. The molecule has 1 aliphatic rings. The van der Waals surface area contributed by atoms with Crippen LogP contribution in [0.4, 0.5) is 19.3 Å². The van der Waals surface area contributed by atoms with E-state index in [1.54, 1.807) is 23.7 Å². The molecule has 0 atom stereocenters. The van der Waals surface area contributed by atoms with Gasteiger partial charge >= 0.3 is 6.03 Å². The zero-order valence-electron chi connectivity index (χ0n) is 17.0. The van der Waals surface area contributed by atoms with Crippen molar-refractivity contribution in [2.75, 3.05) is 11.9 Å². The molecule has 4 rings (SSSR count). The van der Waals surface area contributed by atoms with Crippen molar-refractivity contribution in [2.45, 2.75) is 20.0 Å². The standard InChI is InChI=1S/C22H18F2N6O2/c1-12-8-13(3-5-16(12)23)20-19(18-11-29(22(26)32)6-7-30(18)28-20)21(31)27-15-4-2-14(10-25)17(24)9-15/h2-5,8-9H,6-7,11H2,1H3,(H2,26,32)(H,27,31). The molecule has 3 N–H and O–H groups in total. The predicted molar refractivity (Wildman–Crippen MR) is 111 cm³/mol. The number of nitrogens with zero attached hydrogens (tertiary/aromatic N) is 4. The van der Waals surface area contributed by atoms with Crippen molar-refractivity contribution in [3.05, 3.63) is 70.4 Å². The van der Waals surface area contributed by atoms with Crippen molar-refractivity contribution in [1.29, 1.82) is 5.26 Å². The minimum Gasteiger partial charge on any atom is -0.351 e. The van der Waals surface area contributed by atoms with Gasteiger partial charge in [-0.3, -0.25) is 9.48 Å². The van der Waals surface area contributed by atoms with Gasteiger partial charge in [-0.25, -0.2) is 13.6 Å². The van der Waals surface area contributed by atoms with Crippen molar-refractivity contribution in [3.8, 4) is 17.3 Å². The Kier molecular flexibility index (Phi) is 5.32. The van der Waals surface area contributed by atoms with Gasteiger partial charge in [0.2, 0.25) is 0 Å². The Morgan fingerprint density at radius 3 is 2.59 bits per heavy atom. The molecule has 10 heteroatoms. The summed E-state index contributed by atoms with van der Waals surface area (Å²) in [5.74, 6) is -1.74. The Bertz CT molecular complexity index is 1290. The molecule has 0 fully saturated rings. The first-order chi connectivity index (χ1) is 15.3. The van der Waals surface area contributed by atoms with Gasteiger partial charge in [-0.2, -0.15) is 10.4 Å². The minimum absolute atomic E-state index is 0.0625. The zero-order chi connectivity index (χ0) is 23.0. The molecule has 2 aromatic carbocycles. The maximum Gasteiger partial charge on any atom is 0.315 e. The minimum atomic E-state index is -0.767. The lowest BCUT2D eigenvalue weighted by atomic mass is 10.0. The van der Waals surface area contributed by atoms with Crippen LogP contribution in [-0.4, -0.2) is 33.2 Å². The number of nitriles is 1. The third kappa shape index (κ3) is 3.76. The van der Waals surface area contributed by atoms with Crippen molar-refractivity contribution in [2.24, 2.45) is 5.73 Å². The second-order valence-corrected chi connectivity index (χ2v) is 7.38. The Morgan fingerprint density at radius 1 is 1.16 bits per heavy atom. The Labute approximate surface area is 181 Å². The van der Waals surface area contributed by atoms with Crippen LogP contribution < -0.4 is 11.1 Å². The molecule has 1 aromatic heterocycles. The molecule has 3 aromatic rings. The van der Waals surface area contributed by atoms with Gasteiger partial charge in [-0.15, -0.1) is 0 Å². The van der Waals surface area contributed by atoms with Crippen LogP contribution in [0.2, 0.25) is 0 Å². The number of carbonyl (C=O) groups is 2. The molecule has 0 saturated heterocycles. The fourth-order valence-electron chi connectivity index (χ4n) is 3.62. The van der Waals surface area contributed by atoms with Crippen LogP contribution in [0.1, 0.15) is 27.2 Å². The molecular weight excluding hydrogens is 418 g/mol. The molecule has 0 spiro atoms. The van der Waals surface area contributed by atoms with Crippen LogP contribution in [0, 0.1) is 29.9 Å². The van der Waals surface area contributed by atoms with E-state index in [1.807, 2.05) is 0 Å². The van der Waals surface area contributed by atoms with E-state index >= 15 is 0 Å². The van der Waals surface area contributed by atoms with Crippen LogP contribution >= 0.6 is 0 Å². The van der Waals surface area contributed by atoms with E-state index in [2.05, 4.69) is 10.4 Å². The fraction of sp³-hybridized carbons (Fsp3) is 0.182. The third-order valence-corrected chi connectivity index (χ3v) is 5.30. The number of aryl methyl sites for hydroxylation is 1. The molecular formula is C22H18F2N6O2. The summed E-state index contributed by atoms with van der Waals surface area (Å²) in [6.45, 7) is 2.31. The number of aromatic nitrogens is 2. The van der Waals surface area contributed by atoms with Gasteiger partial charge in [0.1, 0.15) is 23.4 Å². The molecule has 2 heterocycles. The summed E-state index contributed by atoms with van der Waals surface area (Å²) in [6.07, 6.45) is 0. The maximum atomic E-state index is 14.0. The zero-order valence-corrected chi connectivity index (χ0v) is 17.0. The monoisotopic (exact) mass is 436 g/mol. The third-order valence-electron chi connectivity index (χ3n) is 5.30. The van der Waals surface area contributed by atoms with Crippen molar-refractivity contribution >= 4 is 17.6 Å². The quantitative estimate of drug-likeness (QED) is 0.656. The Hall–Kier alpha value is -4.26. The first kappa shape index (κ1) is 21.0. The summed E-state index contributed by atoms with van der Waals surface area (Å²) in [5.41, 5.74) is 7.26. The first-order valence-electron chi connectivity index (χ1n) is 9.70. The maximum absolute atomic E-state index is 14.0. The van der Waals surface area contributed by atoms with Gasteiger partial charge in [-0.1, -0.05) is 0 Å². The number of benzene rings is 2. The van der Waals surface area contributed by atoms with Gasteiger partial charge in [0.25, 0.3) is 5.91 Å². The van der Waals surface area contributed by atoms with E-state index < -0.39 is 23.6 Å². The van der Waals surface area contributed by atoms with E-state index in [1.165, 1.54) is 29.2 Å². The highest BCUT2D eigenvalue weighted by Crippen LogP contribution is 2.30. The molecule has 3 amide bonds. The summed E-state index contributed by atoms with van der Waals surface area (Å²) >= 11 is 0. The number of halogens is 2. The average Bonchev–Trinajstić information content (AvgIpc) is 3.14. The summed E-state index contributed by atoms with van der Waals surface area (Å²) < 4.78 is 29.4. The number of nitrogens with two attached hydrogens (primary N) is 1. The van der Waals surface area contributed by atoms with Crippen LogP contribution in [0.25, 0.3) is 11.3 Å². The molecule has 0 saturated carbocycles. The molecule has 0 bridgehead atoms. The van der Waals surface area contributed by atoms with Gasteiger partial charge in [0.15, 0.2) is 0 Å². The Balaban J connectivity index is 1.79. The van der Waals surface area contributed by atoms with Crippen molar-refractivity contribution in [3.63, 3.8) is 0 Å². The molecule has 32 heavy (non-hydrogen) atoms. The van der Waals surface area contributed by atoms with E-state index in [-0.39, 0.29) is 23.4 Å². The summed E-state index contributed by atoms with van der Waals surface area (Å²) in [4.78, 5) is 26.4. The second-order valence-electron chi connectivity index (χ2n) is 7.38. The molecule has 0 unspecified atom stereocenters. The summed E-state index contributed by atoms with van der Waals surface area (Å²) in [7, 11) is 0. The highest BCUT2D eigenvalue weighted by atomic mass is 19.1. The number of hydrogen-bond acceptors (Lipinski definition) is 4. The molecule has 162 valence electrons. The fourth-order valence-corrected chi connectivity index (χ4v) is 3.62. The van der Waals surface area contributed by atoms with Gasteiger partial charge in [0.05, 0.1) is 29.9 Å². The van der Waals surface area contributed by atoms with Crippen LogP contribution in [-0.2, 0) is 13.1 Å². The number of nitrogens with one attached hydrogen (secondary N) is 1. The number of anilines is 1. The number of carbonyl (C=O) groups excluding carboxylic acids is 2. The number of hydrogen-bond donors (Lipinski definition) is 2. The second kappa shape index (κ2) is 8.11. The normalized spacial score (nSPS) is 12.8.